The van der Waals surface area contributed by atoms with Crippen LogP contribution >= 0.6 is 0 Å². The van der Waals surface area contributed by atoms with Crippen LogP contribution in [0, 0.1) is 0 Å². The number of carbonyl (C=O) groups excluding carboxylic acids is 3. The zero-order valence-electron chi connectivity index (χ0n) is 40.1. The predicted octanol–water partition coefficient (Wildman–Crippen LogP) is 16.0. The highest BCUT2D eigenvalue weighted by Crippen LogP contribution is 2.09. The van der Waals surface area contributed by atoms with E-state index in [-0.39, 0.29) is 44.4 Å². The second-order valence-electron chi connectivity index (χ2n) is 14.8. The molecule has 0 rings (SSSR count). The lowest BCUT2D eigenvalue weighted by atomic mass is 10.1. The Labute approximate surface area is 395 Å². The Balaban J connectivity index is 4.74. The van der Waals surface area contributed by atoms with Gasteiger partial charge in [-0.3, -0.25) is 14.4 Å². The average molecular weight is 887 g/mol. The zero-order valence-corrected chi connectivity index (χ0v) is 40.1. The highest BCUT2D eigenvalue weighted by atomic mass is 16.6. The molecule has 0 aliphatic rings. The van der Waals surface area contributed by atoms with Gasteiger partial charge in [-0.25, -0.2) is 0 Å². The molecule has 0 amide bonds. The average Bonchev–Trinajstić information content (AvgIpc) is 3.30. The predicted molar refractivity (Wildman–Crippen MR) is 278 cm³/mol. The maximum absolute atomic E-state index is 12.8. The maximum atomic E-state index is 12.8. The summed E-state index contributed by atoms with van der Waals surface area (Å²) in [6.07, 6.45) is 78.5. The number of hydrogen-bond acceptors (Lipinski definition) is 6. The van der Waals surface area contributed by atoms with Crippen molar-refractivity contribution in [2.45, 2.75) is 142 Å². The smallest absolute Gasteiger partial charge is 0.306 e. The van der Waals surface area contributed by atoms with Gasteiger partial charge >= 0.3 is 17.9 Å². The molecule has 0 spiro atoms. The first-order chi connectivity index (χ1) is 32.0. The third-order valence-electron chi connectivity index (χ3n) is 8.86. The zero-order chi connectivity index (χ0) is 47.2. The van der Waals surface area contributed by atoms with Gasteiger partial charge in [0.05, 0.1) is 0 Å². The molecule has 0 bridgehead atoms. The van der Waals surface area contributed by atoms with Gasteiger partial charge in [-0.1, -0.05) is 222 Å². The molecule has 0 fully saturated rings. The molecule has 0 aromatic carbocycles. The summed E-state index contributed by atoms with van der Waals surface area (Å²) < 4.78 is 16.6. The summed E-state index contributed by atoms with van der Waals surface area (Å²) in [5.74, 6) is -1.16. The van der Waals surface area contributed by atoms with Crippen molar-refractivity contribution in [2.75, 3.05) is 13.2 Å². The molecule has 6 heteroatoms. The second kappa shape index (κ2) is 50.9. The molecule has 0 aromatic heterocycles. The minimum Gasteiger partial charge on any atom is -0.462 e. The van der Waals surface area contributed by atoms with Crippen molar-refractivity contribution in [3.63, 3.8) is 0 Å². The van der Waals surface area contributed by atoms with Gasteiger partial charge in [-0.15, -0.1) is 0 Å². The van der Waals surface area contributed by atoms with Gasteiger partial charge in [0, 0.05) is 19.3 Å². The fraction of sp³-hybridized carbons (Fsp3) is 0.407. The number of hydrogen-bond donors (Lipinski definition) is 0. The molecular formula is C59H82O6. The van der Waals surface area contributed by atoms with Crippen molar-refractivity contribution in [1.29, 1.82) is 0 Å². The van der Waals surface area contributed by atoms with Crippen molar-refractivity contribution < 1.29 is 28.6 Å². The van der Waals surface area contributed by atoms with Gasteiger partial charge in [0.1, 0.15) is 13.2 Å². The molecule has 0 saturated carbocycles. The molecule has 1 atom stereocenters. The number of carbonyl (C=O) groups is 3. The third kappa shape index (κ3) is 49.1. The highest BCUT2D eigenvalue weighted by molar-refractivity contribution is 5.71. The summed E-state index contributed by atoms with van der Waals surface area (Å²) in [7, 11) is 0. The Morgan fingerprint density at radius 2 is 0.646 bits per heavy atom. The van der Waals surface area contributed by atoms with E-state index in [9.17, 15) is 14.4 Å². The first kappa shape index (κ1) is 59.2. The number of ether oxygens (including phenoxy) is 3. The van der Waals surface area contributed by atoms with E-state index in [1.165, 1.54) is 0 Å². The van der Waals surface area contributed by atoms with E-state index in [0.29, 0.717) is 19.3 Å². The van der Waals surface area contributed by atoms with Gasteiger partial charge in [-0.2, -0.15) is 0 Å². The molecule has 0 aromatic rings. The van der Waals surface area contributed by atoms with Crippen molar-refractivity contribution in [1.82, 2.24) is 0 Å². The SMILES string of the molecule is CC\C=C/C=C\C=C/C=C\C=C/CCCC(=O)OCC(COC(=O)CCCCC\C=C/C=C/C=C\C=C/C=C\C=C/CC)OC(=O)CCC/C=C\C/C=C\C/C=C\C/C=C\C/C=C\CC. The number of esters is 3. The minimum absolute atomic E-state index is 0.159. The van der Waals surface area contributed by atoms with Crippen LogP contribution in [0.1, 0.15) is 136 Å². The number of rotatable bonds is 39. The van der Waals surface area contributed by atoms with Gasteiger partial charge in [0.25, 0.3) is 0 Å². The quantitative estimate of drug-likeness (QED) is 0.0201. The number of allylic oxidation sites excluding steroid dienone is 32. The molecule has 0 radical (unpaired) electrons. The molecule has 0 aliphatic heterocycles. The Bertz CT molecular complexity index is 1680. The molecule has 0 heterocycles. The van der Waals surface area contributed by atoms with Crippen molar-refractivity contribution in [2.24, 2.45) is 0 Å². The second-order valence-corrected chi connectivity index (χ2v) is 14.8. The molecule has 65 heavy (non-hydrogen) atoms. The van der Waals surface area contributed by atoms with Crippen LogP contribution in [-0.4, -0.2) is 37.2 Å². The summed E-state index contributed by atoms with van der Waals surface area (Å²) in [6.45, 7) is 6.03. The van der Waals surface area contributed by atoms with Gasteiger partial charge in [-0.05, 0) is 89.9 Å². The molecule has 0 saturated heterocycles. The van der Waals surface area contributed by atoms with Crippen LogP contribution < -0.4 is 0 Å². The standard InChI is InChI=1S/C59H82O6/c1-4-7-10-13-16-19-22-25-27-29-31-34-37-40-43-46-49-52-58(61)64-55-56(54-63-57(60)51-48-45-42-39-36-33-24-21-18-15-12-9-6-3)65-59(62)53-50-47-44-41-38-35-32-30-28-26-23-20-17-14-11-8-5-2/h7-13,15-22,24-29,31-37,39,41-42,44,56H,4-6,14,23,30,38,40,43,45-55H2,1-3H3/b10-7-,11-8-,12-9-,16-13-,18-15-,20-17-,22-19-,24-21-,27-25-,28-26-,31-29+,35-32-,36-33-,37-34-,42-39-,44-41-. The van der Waals surface area contributed by atoms with Crippen LogP contribution in [0.5, 0.6) is 0 Å². The van der Waals surface area contributed by atoms with Crippen molar-refractivity contribution in [3.05, 3.63) is 194 Å². The Morgan fingerprint density at radius 3 is 1.08 bits per heavy atom. The minimum atomic E-state index is -0.867. The van der Waals surface area contributed by atoms with E-state index >= 15 is 0 Å². The third-order valence-corrected chi connectivity index (χ3v) is 8.86. The molecule has 354 valence electrons. The Hall–Kier alpha value is -5.75. The first-order valence-electron chi connectivity index (χ1n) is 24.1. The van der Waals surface area contributed by atoms with E-state index in [4.69, 9.17) is 14.2 Å². The lowest BCUT2D eigenvalue weighted by Crippen LogP contribution is -2.30. The van der Waals surface area contributed by atoms with E-state index in [1.807, 2.05) is 115 Å². The van der Waals surface area contributed by atoms with E-state index in [0.717, 1.165) is 77.0 Å². The van der Waals surface area contributed by atoms with Crippen LogP contribution in [0.2, 0.25) is 0 Å². The monoisotopic (exact) mass is 887 g/mol. The van der Waals surface area contributed by atoms with Crippen LogP contribution in [0.25, 0.3) is 0 Å². The maximum Gasteiger partial charge on any atom is 0.306 e. The summed E-state index contributed by atoms with van der Waals surface area (Å²) in [5.41, 5.74) is 0. The summed E-state index contributed by atoms with van der Waals surface area (Å²) >= 11 is 0. The van der Waals surface area contributed by atoms with E-state index in [1.54, 1.807) is 0 Å². The molecular weight excluding hydrogens is 805 g/mol. The summed E-state index contributed by atoms with van der Waals surface area (Å²) in [6, 6.07) is 0. The van der Waals surface area contributed by atoms with Crippen molar-refractivity contribution in [3.8, 4) is 0 Å². The normalized spacial score (nSPS) is 13.8. The lowest BCUT2D eigenvalue weighted by molar-refractivity contribution is -0.167. The van der Waals surface area contributed by atoms with Crippen LogP contribution in [-0.2, 0) is 28.6 Å². The number of unbranched alkanes of at least 4 members (excludes halogenated alkanes) is 5. The fourth-order valence-corrected chi connectivity index (χ4v) is 5.36. The highest BCUT2D eigenvalue weighted by Gasteiger charge is 2.19. The summed E-state index contributed by atoms with van der Waals surface area (Å²) in [5, 5.41) is 0. The lowest BCUT2D eigenvalue weighted by Gasteiger charge is -2.18. The van der Waals surface area contributed by atoms with Crippen LogP contribution in [0.4, 0.5) is 0 Å². The van der Waals surface area contributed by atoms with E-state index in [2.05, 4.69) is 99.8 Å². The first-order valence-corrected chi connectivity index (χ1v) is 24.1. The largest absolute Gasteiger partial charge is 0.462 e. The van der Waals surface area contributed by atoms with Crippen molar-refractivity contribution >= 4 is 17.9 Å². The topological polar surface area (TPSA) is 78.9 Å². The van der Waals surface area contributed by atoms with Gasteiger partial charge in [0.15, 0.2) is 6.10 Å². The molecule has 1 unspecified atom stereocenters. The molecule has 0 aliphatic carbocycles. The van der Waals surface area contributed by atoms with Crippen LogP contribution in [0.15, 0.2) is 194 Å². The Morgan fingerprint density at radius 1 is 0.323 bits per heavy atom. The van der Waals surface area contributed by atoms with Crippen LogP contribution in [0.3, 0.4) is 0 Å². The fourth-order valence-electron chi connectivity index (χ4n) is 5.36. The Kier molecular flexibility index (Phi) is 46.4. The van der Waals surface area contributed by atoms with Gasteiger partial charge in [0.2, 0.25) is 0 Å². The molecule has 6 nitrogen and oxygen atoms in total. The summed E-state index contributed by atoms with van der Waals surface area (Å²) in [4.78, 5) is 37.9. The van der Waals surface area contributed by atoms with Gasteiger partial charge < -0.3 is 14.2 Å². The van der Waals surface area contributed by atoms with E-state index < -0.39 is 12.1 Å². The molecule has 0 N–H and O–H groups in total.